The molecule has 0 aliphatic rings. The molecule has 0 bridgehead atoms. The van der Waals surface area contributed by atoms with Crippen LogP contribution in [0.25, 0.3) is 0 Å². The molecule has 0 radical (unpaired) electrons. The molecule has 0 aromatic heterocycles. The van der Waals surface area contributed by atoms with Crippen LogP contribution in [0, 0.1) is 5.41 Å². The maximum Gasteiger partial charge on any atom is 0.0704 e. The van der Waals surface area contributed by atoms with Gasteiger partial charge in [0.05, 0.1) is 32.5 Å². The van der Waals surface area contributed by atoms with Gasteiger partial charge in [0.25, 0.3) is 0 Å². The van der Waals surface area contributed by atoms with Gasteiger partial charge in [0.2, 0.25) is 0 Å². The predicted octanol–water partition coefficient (Wildman–Crippen LogP) is 2.23. The molecule has 15 heavy (non-hydrogen) atoms. The lowest BCUT2D eigenvalue weighted by Crippen LogP contribution is -2.30. The van der Waals surface area contributed by atoms with E-state index in [0.717, 1.165) is 0 Å². The van der Waals surface area contributed by atoms with E-state index in [4.69, 9.17) is 14.6 Å². The molecule has 1 N–H and O–H groups in total. The van der Waals surface area contributed by atoms with Crippen molar-refractivity contribution < 1.29 is 14.6 Å². The molecule has 3 nitrogen and oxygen atoms in total. The average Bonchev–Trinajstić information content (AvgIpc) is 2.17. The fraction of sp³-hybridized carbons (Fsp3) is 1.00. The van der Waals surface area contributed by atoms with E-state index in [0.29, 0.717) is 19.8 Å². The Morgan fingerprint density at radius 3 is 2.40 bits per heavy atom. The maximum absolute atomic E-state index is 8.51. The van der Waals surface area contributed by atoms with Crippen LogP contribution in [0.1, 0.15) is 40.5 Å². The van der Waals surface area contributed by atoms with Gasteiger partial charge in [-0.3, -0.25) is 0 Å². The summed E-state index contributed by atoms with van der Waals surface area (Å²) in [5.74, 6) is 0. The second kappa shape index (κ2) is 8.08. The Balaban J connectivity index is 3.58. The molecule has 0 saturated carbocycles. The van der Waals surface area contributed by atoms with Crippen molar-refractivity contribution in [2.45, 2.75) is 46.6 Å². The SMILES string of the molecule is CCCC(C)(C)C(C)OCCOCCO. The van der Waals surface area contributed by atoms with Crippen LogP contribution in [0.5, 0.6) is 0 Å². The van der Waals surface area contributed by atoms with Crippen molar-refractivity contribution in [1.29, 1.82) is 0 Å². The second-order valence-electron chi connectivity index (χ2n) is 4.59. The lowest BCUT2D eigenvalue weighted by Gasteiger charge is -2.31. The fourth-order valence-corrected chi connectivity index (χ4v) is 1.52. The van der Waals surface area contributed by atoms with Crippen molar-refractivity contribution in [2.75, 3.05) is 26.4 Å². The van der Waals surface area contributed by atoms with E-state index in [-0.39, 0.29) is 18.1 Å². The van der Waals surface area contributed by atoms with E-state index >= 15 is 0 Å². The highest BCUT2D eigenvalue weighted by molar-refractivity contribution is 4.75. The number of rotatable bonds is 9. The van der Waals surface area contributed by atoms with Crippen LogP contribution in [-0.2, 0) is 9.47 Å². The highest BCUT2D eigenvalue weighted by Gasteiger charge is 2.25. The molecule has 1 unspecified atom stereocenters. The molecular formula is C12H26O3. The lowest BCUT2D eigenvalue weighted by molar-refractivity contribution is -0.0449. The Morgan fingerprint density at radius 1 is 1.20 bits per heavy atom. The number of aliphatic hydroxyl groups excluding tert-OH is 1. The summed E-state index contributed by atoms with van der Waals surface area (Å²) in [6.45, 7) is 10.4. The van der Waals surface area contributed by atoms with Gasteiger partial charge in [0.1, 0.15) is 0 Å². The first-order chi connectivity index (χ1) is 7.04. The molecule has 0 heterocycles. The van der Waals surface area contributed by atoms with Crippen LogP contribution in [0.15, 0.2) is 0 Å². The van der Waals surface area contributed by atoms with Gasteiger partial charge in [0.15, 0.2) is 0 Å². The van der Waals surface area contributed by atoms with Crippen LogP contribution in [0.2, 0.25) is 0 Å². The molecule has 92 valence electrons. The van der Waals surface area contributed by atoms with Crippen molar-refractivity contribution >= 4 is 0 Å². The monoisotopic (exact) mass is 218 g/mol. The third kappa shape index (κ3) is 6.88. The minimum atomic E-state index is 0.0802. The summed E-state index contributed by atoms with van der Waals surface area (Å²) in [7, 11) is 0. The van der Waals surface area contributed by atoms with Gasteiger partial charge in [-0.2, -0.15) is 0 Å². The van der Waals surface area contributed by atoms with Crippen LogP contribution in [-0.4, -0.2) is 37.6 Å². The van der Waals surface area contributed by atoms with E-state index in [9.17, 15) is 0 Å². The van der Waals surface area contributed by atoms with Crippen LogP contribution in [0.3, 0.4) is 0 Å². The molecule has 0 fully saturated rings. The van der Waals surface area contributed by atoms with Crippen LogP contribution in [0.4, 0.5) is 0 Å². The van der Waals surface area contributed by atoms with Crippen molar-refractivity contribution in [3.05, 3.63) is 0 Å². The normalized spacial score (nSPS) is 14.2. The first-order valence-electron chi connectivity index (χ1n) is 5.84. The molecule has 0 aromatic rings. The Bertz CT molecular complexity index is 146. The molecular weight excluding hydrogens is 192 g/mol. The topological polar surface area (TPSA) is 38.7 Å². The third-order valence-corrected chi connectivity index (χ3v) is 2.83. The van der Waals surface area contributed by atoms with Gasteiger partial charge in [-0.1, -0.05) is 27.2 Å². The third-order valence-electron chi connectivity index (χ3n) is 2.83. The Morgan fingerprint density at radius 2 is 1.87 bits per heavy atom. The number of ether oxygens (including phenoxy) is 2. The first kappa shape index (κ1) is 14.9. The summed E-state index contributed by atoms with van der Waals surface area (Å²) in [6, 6.07) is 0. The Kier molecular flexibility index (Phi) is 8.02. The summed E-state index contributed by atoms with van der Waals surface area (Å²) in [5, 5.41) is 8.51. The summed E-state index contributed by atoms with van der Waals surface area (Å²) >= 11 is 0. The summed E-state index contributed by atoms with van der Waals surface area (Å²) in [6.07, 6.45) is 2.60. The van der Waals surface area contributed by atoms with Crippen molar-refractivity contribution in [3.8, 4) is 0 Å². The molecule has 0 saturated heterocycles. The molecule has 0 aliphatic heterocycles. The molecule has 0 rings (SSSR count). The van der Waals surface area contributed by atoms with E-state index in [1.807, 2.05) is 0 Å². The zero-order valence-electron chi connectivity index (χ0n) is 10.6. The van der Waals surface area contributed by atoms with Gasteiger partial charge < -0.3 is 14.6 Å². The van der Waals surface area contributed by atoms with Crippen LogP contribution >= 0.6 is 0 Å². The van der Waals surface area contributed by atoms with Crippen molar-refractivity contribution in [2.24, 2.45) is 5.41 Å². The van der Waals surface area contributed by atoms with E-state index in [1.54, 1.807) is 0 Å². The van der Waals surface area contributed by atoms with Gasteiger partial charge in [-0.15, -0.1) is 0 Å². The molecule has 3 heteroatoms. The number of hydrogen-bond donors (Lipinski definition) is 1. The highest BCUT2D eigenvalue weighted by Crippen LogP contribution is 2.28. The number of hydrogen-bond acceptors (Lipinski definition) is 3. The van der Waals surface area contributed by atoms with Gasteiger partial charge in [-0.25, -0.2) is 0 Å². The maximum atomic E-state index is 8.51. The average molecular weight is 218 g/mol. The van der Waals surface area contributed by atoms with Gasteiger partial charge >= 0.3 is 0 Å². The number of aliphatic hydroxyl groups is 1. The molecule has 0 spiro atoms. The highest BCUT2D eigenvalue weighted by atomic mass is 16.5. The zero-order chi connectivity index (χ0) is 11.7. The summed E-state index contributed by atoms with van der Waals surface area (Å²) in [4.78, 5) is 0. The Hall–Kier alpha value is -0.120. The van der Waals surface area contributed by atoms with Crippen molar-refractivity contribution in [3.63, 3.8) is 0 Å². The summed E-state index contributed by atoms with van der Waals surface area (Å²) < 4.78 is 10.8. The largest absolute Gasteiger partial charge is 0.394 e. The zero-order valence-corrected chi connectivity index (χ0v) is 10.6. The molecule has 0 aromatic carbocycles. The van der Waals surface area contributed by atoms with Gasteiger partial charge in [-0.05, 0) is 18.8 Å². The Labute approximate surface area is 93.8 Å². The molecule has 0 amide bonds. The van der Waals surface area contributed by atoms with Gasteiger partial charge in [0, 0.05) is 0 Å². The van der Waals surface area contributed by atoms with E-state index in [2.05, 4.69) is 27.7 Å². The minimum Gasteiger partial charge on any atom is -0.394 e. The van der Waals surface area contributed by atoms with Crippen LogP contribution < -0.4 is 0 Å². The van der Waals surface area contributed by atoms with E-state index in [1.165, 1.54) is 12.8 Å². The smallest absolute Gasteiger partial charge is 0.0704 e. The lowest BCUT2D eigenvalue weighted by atomic mass is 9.83. The molecule has 0 aliphatic carbocycles. The summed E-state index contributed by atoms with van der Waals surface area (Å²) in [5.41, 5.74) is 0.228. The minimum absolute atomic E-state index is 0.0802. The molecule has 1 atom stereocenters. The second-order valence-corrected chi connectivity index (χ2v) is 4.59. The standard InChI is InChI=1S/C12H26O3/c1-5-6-12(3,4)11(2)15-10-9-14-8-7-13/h11,13H,5-10H2,1-4H3. The quantitative estimate of drug-likeness (QED) is 0.603. The first-order valence-corrected chi connectivity index (χ1v) is 5.84. The fourth-order valence-electron chi connectivity index (χ4n) is 1.52. The van der Waals surface area contributed by atoms with E-state index < -0.39 is 0 Å². The van der Waals surface area contributed by atoms with Crippen molar-refractivity contribution in [1.82, 2.24) is 0 Å². The predicted molar refractivity (Wildman–Crippen MR) is 62.0 cm³/mol.